The monoisotopic (exact) mass is 394 g/mol. The van der Waals surface area contributed by atoms with Gasteiger partial charge in [0.05, 0.1) is 0 Å². The summed E-state index contributed by atoms with van der Waals surface area (Å²) in [6, 6.07) is 22.6. The summed E-state index contributed by atoms with van der Waals surface area (Å²) in [4.78, 5) is 0. The van der Waals surface area contributed by atoms with Gasteiger partial charge >= 0.3 is 0 Å². The molecule has 2 atom stereocenters. The van der Waals surface area contributed by atoms with Crippen molar-refractivity contribution < 1.29 is 0 Å². The van der Waals surface area contributed by atoms with Crippen LogP contribution in [0.5, 0.6) is 0 Å². The quantitative estimate of drug-likeness (QED) is 0.461. The summed E-state index contributed by atoms with van der Waals surface area (Å²) >= 11 is 0. The molecule has 2 aromatic rings. The third-order valence-electron chi connectivity index (χ3n) is 8.92. The number of hydrogen-bond donors (Lipinski definition) is 0. The summed E-state index contributed by atoms with van der Waals surface area (Å²) in [6.45, 7) is 0. The van der Waals surface area contributed by atoms with E-state index in [0.29, 0.717) is 10.8 Å². The molecule has 30 heavy (non-hydrogen) atoms. The van der Waals surface area contributed by atoms with E-state index in [1.165, 1.54) is 88.2 Å². The van der Waals surface area contributed by atoms with Crippen LogP contribution in [0.25, 0.3) is 0 Å². The Labute approximate surface area is 182 Å². The maximum atomic E-state index is 2.35. The molecule has 0 aromatic heterocycles. The van der Waals surface area contributed by atoms with Gasteiger partial charge in [-0.1, -0.05) is 109 Å². The zero-order valence-electron chi connectivity index (χ0n) is 18.3. The van der Waals surface area contributed by atoms with E-state index in [4.69, 9.17) is 0 Å². The predicted molar refractivity (Wildman–Crippen MR) is 125 cm³/mol. The van der Waals surface area contributed by atoms with Gasteiger partial charge in [0.25, 0.3) is 0 Å². The molecule has 0 heterocycles. The van der Waals surface area contributed by atoms with E-state index in [9.17, 15) is 0 Å². The van der Waals surface area contributed by atoms with E-state index < -0.39 is 0 Å². The van der Waals surface area contributed by atoms with Crippen LogP contribution in [-0.4, -0.2) is 0 Å². The Balaban J connectivity index is 1.50. The fourth-order valence-corrected chi connectivity index (χ4v) is 7.91. The maximum Gasteiger partial charge on any atom is 0.0261 e. The van der Waals surface area contributed by atoms with Crippen molar-refractivity contribution in [1.82, 2.24) is 0 Å². The van der Waals surface area contributed by atoms with Crippen LogP contribution in [0.3, 0.4) is 0 Å². The van der Waals surface area contributed by atoms with Gasteiger partial charge in [0, 0.05) is 10.8 Å². The highest BCUT2D eigenvalue weighted by atomic mass is 14.7. The van der Waals surface area contributed by atoms with E-state index in [0.717, 1.165) is 0 Å². The first kappa shape index (κ1) is 18.7. The van der Waals surface area contributed by atoms with Crippen molar-refractivity contribution >= 4 is 0 Å². The van der Waals surface area contributed by atoms with Gasteiger partial charge in [-0.05, 0) is 62.5 Å². The lowest BCUT2D eigenvalue weighted by atomic mass is 9.31. The second-order valence-corrected chi connectivity index (χ2v) is 10.2. The molecule has 0 bridgehead atoms. The lowest BCUT2D eigenvalue weighted by molar-refractivity contribution is 0.0599. The molecule has 0 N–H and O–H groups in total. The summed E-state index contributed by atoms with van der Waals surface area (Å²) in [7, 11) is 0. The van der Waals surface area contributed by atoms with Gasteiger partial charge in [-0.3, -0.25) is 0 Å². The second-order valence-electron chi connectivity index (χ2n) is 10.2. The average molecular weight is 395 g/mol. The zero-order chi connectivity index (χ0) is 20.0. The van der Waals surface area contributed by atoms with Crippen molar-refractivity contribution in [2.75, 3.05) is 0 Å². The Kier molecular flexibility index (Phi) is 4.52. The van der Waals surface area contributed by atoms with Crippen LogP contribution in [0.4, 0.5) is 0 Å². The fraction of sp³-hybridized carbons (Fsp3) is 0.467. The Morgan fingerprint density at radius 3 is 1.40 bits per heavy atom. The van der Waals surface area contributed by atoms with Crippen molar-refractivity contribution in [2.24, 2.45) is 10.8 Å². The maximum absolute atomic E-state index is 2.35. The Morgan fingerprint density at radius 2 is 0.933 bits per heavy atom. The molecule has 154 valence electrons. The smallest absolute Gasteiger partial charge is 0.0261 e. The van der Waals surface area contributed by atoms with Crippen molar-refractivity contribution in [1.29, 1.82) is 0 Å². The van der Waals surface area contributed by atoms with Gasteiger partial charge in [0.15, 0.2) is 0 Å². The van der Waals surface area contributed by atoms with Crippen molar-refractivity contribution in [2.45, 2.75) is 77.0 Å². The molecule has 2 aromatic carbocycles. The van der Waals surface area contributed by atoms with Crippen LogP contribution < -0.4 is 0 Å². The Bertz CT molecular complexity index is 913. The normalized spacial score (nSPS) is 30.3. The highest BCUT2D eigenvalue weighted by molar-refractivity contribution is 5.68. The molecule has 4 aliphatic rings. The van der Waals surface area contributed by atoms with Crippen LogP contribution in [0, 0.1) is 10.8 Å². The molecule has 0 aliphatic heterocycles. The van der Waals surface area contributed by atoms with E-state index in [1.54, 1.807) is 0 Å². The largest absolute Gasteiger partial charge is 0.0622 e. The first-order valence-corrected chi connectivity index (χ1v) is 12.4. The molecular weight excluding hydrogens is 360 g/mol. The zero-order valence-corrected chi connectivity index (χ0v) is 18.3. The summed E-state index contributed by atoms with van der Waals surface area (Å²) in [5.74, 6) is 0. The third kappa shape index (κ3) is 2.46. The molecule has 2 unspecified atom stereocenters. The topological polar surface area (TPSA) is 0 Å². The van der Waals surface area contributed by atoms with Crippen LogP contribution in [0.1, 0.15) is 75.3 Å². The first-order chi connectivity index (χ1) is 14.9. The molecule has 0 radical (unpaired) electrons. The summed E-state index contributed by atoms with van der Waals surface area (Å²) in [5, 5.41) is 0. The average Bonchev–Trinajstić information content (AvgIpc) is 3.08. The molecule has 1 fully saturated rings. The first-order valence-electron chi connectivity index (χ1n) is 12.4. The minimum Gasteiger partial charge on any atom is -0.0622 e. The van der Waals surface area contributed by atoms with Gasteiger partial charge in [0.1, 0.15) is 0 Å². The van der Waals surface area contributed by atoms with E-state index >= 15 is 0 Å². The molecule has 0 amide bonds. The van der Waals surface area contributed by atoms with Crippen molar-refractivity contribution in [3.05, 3.63) is 94.1 Å². The fourth-order valence-electron chi connectivity index (χ4n) is 7.91. The highest BCUT2D eigenvalue weighted by Gasteiger charge is 2.72. The molecule has 0 nitrogen and oxygen atoms in total. The molecule has 0 saturated heterocycles. The summed E-state index contributed by atoms with van der Waals surface area (Å²) in [5.41, 5.74) is 11.4. The molecule has 4 aliphatic carbocycles. The Morgan fingerprint density at radius 1 is 0.500 bits per heavy atom. The Hall–Kier alpha value is -2.08. The SMILES string of the molecule is c1ccc(CC2=C(Cc3ccccc3)C34CCCCCC23C2=C4CCCCC2)cc1. The van der Waals surface area contributed by atoms with Gasteiger partial charge < -0.3 is 0 Å². The lowest BCUT2D eigenvalue weighted by Crippen LogP contribution is -2.63. The van der Waals surface area contributed by atoms with Crippen LogP contribution >= 0.6 is 0 Å². The standard InChI is InChI=1S/C30H34/c1-5-13-23(14-6-1)21-27-28(22-24-15-7-2-8-16-24)30-20-12-4-11-19-29(27,30)25-17-9-3-10-18-26(25)30/h1-2,5-8,13-16H,3-4,9-12,17-22H2. The number of rotatable bonds is 4. The predicted octanol–water partition coefficient (Wildman–Crippen LogP) is 7.99. The van der Waals surface area contributed by atoms with E-state index in [-0.39, 0.29) is 0 Å². The van der Waals surface area contributed by atoms with Gasteiger partial charge in [0.2, 0.25) is 0 Å². The highest BCUT2D eigenvalue weighted by Crippen LogP contribution is 2.82. The minimum atomic E-state index is 0.434. The number of allylic oxidation sites excluding steroid dienone is 4. The van der Waals surface area contributed by atoms with Gasteiger partial charge in [-0.25, -0.2) is 0 Å². The van der Waals surface area contributed by atoms with Crippen LogP contribution in [0.2, 0.25) is 0 Å². The molecule has 0 heteroatoms. The van der Waals surface area contributed by atoms with Gasteiger partial charge in [-0.15, -0.1) is 0 Å². The number of hydrogen-bond acceptors (Lipinski definition) is 0. The molecular formula is C30H34. The minimum absolute atomic E-state index is 0.434. The molecule has 1 saturated carbocycles. The second kappa shape index (κ2) is 7.26. The van der Waals surface area contributed by atoms with E-state index in [1.807, 2.05) is 22.3 Å². The number of benzene rings is 2. The van der Waals surface area contributed by atoms with E-state index in [2.05, 4.69) is 60.7 Å². The van der Waals surface area contributed by atoms with Crippen molar-refractivity contribution in [3.8, 4) is 0 Å². The van der Waals surface area contributed by atoms with Crippen LogP contribution in [-0.2, 0) is 12.8 Å². The lowest BCUT2D eigenvalue weighted by Gasteiger charge is -2.72. The van der Waals surface area contributed by atoms with Crippen LogP contribution in [0.15, 0.2) is 83.0 Å². The van der Waals surface area contributed by atoms with Crippen molar-refractivity contribution in [3.63, 3.8) is 0 Å². The summed E-state index contributed by atoms with van der Waals surface area (Å²) in [6.07, 6.45) is 16.5. The molecule has 0 spiro atoms. The molecule has 6 rings (SSSR count). The third-order valence-corrected chi connectivity index (χ3v) is 8.92. The van der Waals surface area contributed by atoms with Gasteiger partial charge in [-0.2, -0.15) is 0 Å². The summed E-state index contributed by atoms with van der Waals surface area (Å²) < 4.78 is 0.